The van der Waals surface area contributed by atoms with Gasteiger partial charge in [0, 0.05) is 18.5 Å². The lowest BCUT2D eigenvalue weighted by Gasteiger charge is -2.28. The number of aromatic nitrogens is 1. The van der Waals surface area contributed by atoms with E-state index in [2.05, 4.69) is 4.98 Å². The first-order valence-corrected chi connectivity index (χ1v) is 7.93. The first kappa shape index (κ1) is 17.9. The molecule has 0 amide bonds. The molecule has 6 nitrogen and oxygen atoms in total. The second-order valence-corrected chi connectivity index (χ2v) is 5.84. The monoisotopic (exact) mass is 330 g/mol. The highest BCUT2D eigenvalue weighted by Gasteiger charge is 2.23. The molecule has 0 radical (unpaired) electrons. The van der Waals surface area contributed by atoms with Crippen molar-refractivity contribution < 1.29 is 19.1 Å². The second-order valence-electron chi connectivity index (χ2n) is 5.84. The molecule has 0 bridgehead atoms. The molecule has 1 aromatic carbocycles. The number of pyridine rings is 1. The number of aryl methyl sites for hydroxylation is 1. The minimum atomic E-state index is 0.239. The van der Waals surface area contributed by atoms with E-state index in [1.165, 1.54) is 0 Å². The molecule has 0 aliphatic heterocycles. The van der Waals surface area contributed by atoms with E-state index >= 15 is 0 Å². The average Bonchev–Trinajstić information content (AvgIpc) is 2.56. The van der Waals surface area contributed by atoms with Gasteiger partial charge in [0.15, 0.2) is 0 Å². The molecule has 1 aromatic heterocycles. The maximum Gasteiger partial charge on any atom is 0.373 e. The Balaban J connectivity index is 0.000000647. The lowest BCUT2D eigenvalue weighted by atomic mass is 9.95. The van der Waals surface area contributed by atoms with Gasteiger partial charge in [0.25, 0.3) is 0 Å². The smallest absolute Gasteiger partial charge is 0.373 e. The highest BCUT2D eigenvalue weighted by molar-refractivity contribution is 5.95. The van der Waals surface area contributed by atoms with E-state index in [0.717, 1.165) is 53.7 Å². The molecular weight excluding hydrogens is 308 g/mol. The molecule has 128 valence electrons. The summed E-state index contributed by atoms with van der Waals surface area (Å²) in [6.45, 7) is 1.95. The predicted molar refractivity (Wildman–Crippen MR) is 89.6 cm³/mol. The van der Waals surface area contributed by atoms with Crippen molar-refractivity contribution in [3.05, 3.63) is 30.0 Å². The molecular formula is C18H22N2O4. The number of anilines is 1. The molecule has 0 saturated heterocycles. The van der Waals surface area contributed by atoms with Gasteiger partial charge < -0.3 is 15.2 Å². The zero-order valence-electron chi connectivity index (χ0n) is 14.0. The van der Waals surface area contributed by atoms with Crippen LogP contribution in [0.3, 0.4) is 0 Å². The fourth-order valence-corrected chi connectivity index (χ4v) is 3.09. The van der Waals surface area contributed by atoms with Crippen molar-refractivity contribution in [3.8, 4) is 5.75 Å². The van der Waals surface area contributed by atoms with Crippen LogP contribution in [0.4, 0.5) is 5.69 Å². The third-order valence-corrected chi connectivity index (χ3v) is 4.20. The summed E-state index contributed by atoms with van der Waals surface area (Å²) in [4.78, 5) is 20.8. The Bertz CT molecular complexity index is 718. The van der Waals surface area contributed by atoms with Crippen molar-refractivity contribution in [2.75, 3.05) is 12.8 Å². The Labute approximate surface area is 141 Å². The van der Waals surface area contributed by atoms with Crippen molar-refractivity contribution in [1.82, 2.24) is 4.98 Å². The van der Waals surface area contributed by atoms with Gasteiger partial charge in [-0.25, -0.2) is 0 Å². The Morgan fingerprint density at radius 1 is 1.17 bits per heavy atom. The number of ether oxygens (including phenoxy) is 2. The van der Waals surface area contributed by atoms with E-state index in [0.29, 0.717) is 6.10 Å². The number of hydrogen-bond acceptors (Lipinski definition) is 6. The van der Waals surface area contributed by atoms with Gasteiger partial charge in [-0.3, -0.25) is 4.98 Å². The van der Waals surface area contributed by atoms with Crippen LogP contribution in [-0.4, -0.2) is 30.5 Å². The van der Waals surface area contributed by atoms with Crippen LogP contribution in [-0.2, 0) is 14.3 Å². The van der Waals surface area contributed by atoms with Gasteiger partial charge in [-0.1, -0.05) is 6.07 Å². The van der Waals surface area contributed by atoms with Crippen LogP contribution in [0.25, 0.3) is 10.9 Å². The van der Waals surface area contributed by atoms with Gasteiger partial charge in [0.05, 0.1) is 23.1 Å². The van der Waals surface area contributed by atoms with Crippen molar-refractivity contribution in [2.24, 2.45) is 0 Å². The number of carbonyl (C=O) groups excluding carboxylic acids is 2. The van der Waals surface area contributed by atoms with E-state index in [9.17, 15) is 0 Å². The molecule has 1 saturated carbocycles. The van der Waals surface area contributed by atoms with Gasteiger partial charge in [-0.15, -0.1) is 0 Å². The van der Waals surface area contributed by atoms with E-state index in [1.54, 1.807) is 7.11 Å². The normalized spacial score (nSPS) is 19.9. The number of nitrogens with zero attached hydrogens (tertiary/aromatic N) is 1. The average molecular weight is 330 g/mol. The fourth-order valence-electron chi connectivity index (χ4n) is 3.09. The third-order valence-electron chi connectivity index (χ3n) is 4.20. The molecule has 1 aliphatic rings. The zero-order valence-corrected chi connectivity index (χ0v) is 14.0. The molecule has 6 heteroatoms. The number of hydrogen-bond donors (Lipinski definition) is 1. The van der Waals surface area contributed by atoms with Crippen molar-refractivity contribution in [2.45, 2.75) is 44.8 Å². The first-order valence-electron chi connectivity index (χ1n) is 7.93. The highest BCUT2D eigenvalue weighted by atomic mass is 16.5. The number of fused-ring (bicyclic) bond motifs is 1. The summed E-state index contributed by atoms with van der Waals surface area (Å²) in [7, 11) is 1.78. The predicted octanol–water partition coefficient (Wildman–Crippen LogP) is 2.88. The Morgan fingerprint density at radius 3 is 2.42 bits per heavy atom. The van der Waals surface area contributed by atoms with E-state index < -0.39 is 0 Å². The third kappa shape index (κ3) is 4.31. The van der Waals surface area contributed by atoms with Crippen molar-refractivity contribution in [3.63, 3.8) is 0 Å². The minimum absolute atomic E-state index is 0.239. The van der Waals surface area contributed by atoms with Crippen LogP contribution in [0.15, 0.2) is 24.3 Å². The molecule has 1 aliphatic carbocycles. The van der Waals surface area contributed by atoms with Crippen LogP contribution in [0.5, 0.6) is 5.75 Å². The molecule has 0 unspecified atom stereocenters. The number of benzene rings is 1. The summed E-state index contributed by atoms with van der Waals surface area (Å²) >= 11 is 0. The van der Waals surface area contributed by atoms with Crippen LogP contribution in [0.1, 0.15) is 31.4 Å². The summed E-state index contributed by atoms with van der Waals surface area (Å²) in [5.74, 6) is 0.846. The molecule has 0 atom stereocenters. The van der Waals surface area contributed by atoms with Gasteiger partial charge >= 0.3 is 6.15 Å². The van der Waals surface area contributed by atoms with Crippen molar-refractivity contribution in [1.29, 1.82) is 0 Å². The number of nitrogen functional groups attached to an aromatic ring is 1. The van der Waals surface area contributed by atoms with Gasteiger partial charge in [0.2, 0.25) is 0 Å². The summed E-state index contributed by atoms with van der Waals surface area (Å²) in [5, 5.41) is 0.928. The standard InChI is InChI=1S/C17H22N2O2.CO2/c1-11-10-14(18)17-15(19-11)4-3-5-16(17)21-13-8-6-12(20-2)7-9-13;2-1-3/h3-5,10,12-13H,6-9H2,1-2H3,(H2,18,19);. The summed E-state index contributed by atoms with van der Waals surface area (Å²) < 4.78 is 11.6. The maximum atomic E-state index is 8.12. The van der Waals surface area contributed by atoms with Crippen LogP contribution >= 0.6 is 0 Å². The number of rotatable bonds is 3. The van der Waals surface area contributed by atoms with Gasteiger partial charge in [-0.2, -0.15) is 9.59 Å². The number of nitrogens with two attached hydrogens (primary N) is 1. The van der Waals surface area contributed by atoms with Gasteiger partial charge in [-0.05, 0) is 50.8 Å². The lowest BCUT2D eigenvalue weighted by Crippen LogP contribution is -2.27. The first-order chi connectivity index (χ1) is 11.6. The quantitative estimate of drug-likeness (QED) is 0.930. The van der Waals surface area contributed by atoms with Crippen LogP contribution in [0, 0.1) is 6.92 Å². The second kappa shape index (κ2) is 8.43. The zero-order chi connectivity index (χ0) is 17.5. The molecule has 24 heavy (non-hydrogen) atoms. The minimum Gasteiger partial charge on any atom is -0.490 e. The van der Waals surface area contributed by atoms with Gasteiger partial charge in [0.1, 0.15) is 5.75 Å². The molecule has 2 aromatic rings. The summed E-state index contributed by atoms with van der Waals surface area (Å²) in [5.41, 5.74) is 8.73. The highest BCUT2D eigenvalue weighted by Crippen LogP contribution is 2.33. The topological polar surface area (TPSA) is 91.5 Å². The Kier molecular flexibility index (Phi) is 6.29. The van der Waals surface area contributed by atoms with E-state index in [-0.39, 0.29) is 12.3 Å². The molecule has 3 rings (SSSR count). The van der Waals surface area contributed by atoms with Crippen LogP contribution in [0.2, 0.25) is 0 Å². The molecule has 2 N–H and O–H groups in total. The Morgan fingerprint density at radius 2 is 1.79 bits per heavy atom. The summed E-state index contributed by atoms with van der Waals surface area (Å²) in [6, 6.07) is 7.84. The van der Waals surface area contributed by atoms with E-state index in [1.807, 2.05) is 31.2 Å². The largest absolute Gasteiger partial charge is 0.490 e. The SMILES string of the molecule is COC1CCC(Oc2cccc3nc(C)cc(N)c23)CC1.O=C=O. The van der Waals surface area contributed by atoms with E-state index in [4.69, 9.17) is 24.8 Å². The maximum absolute atomic E-state index is 8.12. The molecule has 0 spiro atoms. The molecule has 1 heterocycles. The lowest BCUT2D eigenvalue weighted by molar-refractivity contribution is -0.191. The molecule has 1 fully saturated rings. The summed E-state index contributed by atoms with van der Waals surface area (Å²) in [6.07, 6.45) is 5.02. The number of methoxy groups -OCH3 is 1. The van der Waals surface area contributed by atoms with Crippen molar-refractivity contribution >= 4 is 22.7 Å². The fraction of sp³-hybridized carbons (Fsp3) is 0.444. The Hall–Kier alpha value is -2.43. The van der Waals surface area contributed by atoms with Crippen LogP contribution < -0.4 is 10.5 Å².